The van der Waals surface area contributed by atoms with E-state index in [-0.39, 0.29) is 40.0 Å². The number of thioether (sulfide) groups is 1. The molecule has 1 aromatic heterocycles. The summed E-state index contributed by atoms with van der Waals surface area (Å²) in [5.74, 6) is -3.40. The van der Waals surface area contributed by atoms with Crippen LogP contribution in [0.2, 0.25) is 0 Å². The molecule has 1 aliphatic heterocycles. The van der Waals surface area contributed by atoms with E-state index in [4.69, 9.17) is 9.47 Å². The van der Waals surface area contributed by atoms with Crippen molar-refractivity contribution in [3.05, 3.63) is 80.0 Å². The van der Waals surface area contributed by atoms with Gasteiger partial charge < -0.3 is 19.6 Å². The van der Waals surface area contributed by atoms with Crippen LogP contribution in [0.1, 0.15) is 17.0 Å². The van der Waals surface area contributed by atoms with Crippen molar-refractivity contribution in [3.8, 4) is 17.2 Å². The summed E-state index contributed by atoms with van der Waals surface area (Å²) in [7, 11) is 1.38. The summed E-state index contributed by atoms with van der Waals surface area (Å²) in [6.45, 7) is -0.256. The molecule has 0 saturated heterocycles. The fraction of sp³-hybridized carbons (Fsp3) is 0.190. The third-order valence-corrected chi connectivity index (χ3v) is 6.09. The predicted molar refractivity (Wildman–Crippen MR) is 111 cm³/mol. The minimum Gasteiger partial charge on any atom is -0.496 e. The average Bonchev–Trinajstić information content (AvgIpc) is 3.19. The molecule has 8 nitrogen and oxygen atoms in total. The summed E-state index contributed by atoms with van der Waals surface area (Å²) in [6, 6.07) is 7.63. The van der Waals surface area contributed by atoms with E-state index in [9.17, 15) is 28.3 Å². The van der Waals surface area contributed by atoms with Gasteiger partial charge in [0.15, 0.2) is 0 Å². The summed E-state index contributed by atoms with van der Waals surface area (Å²) in [4.78, 5) is 39.4. The number of aliphatic carboxylic acids is 1. The minimum absolute atomic E-state index is 0.0580. The number of rotatable bonds is 6. The Morgan fingerprint density at radius 3 is 2.75 bits per heavy atom. The van der Waals surface area contributed by atoms with Gasteiger partial charge in [-0.05, 0) is 24.3 Å². The van der Waals surface area contributed by atoms with E-state index in [1.54, 1.807) is 6.07 Å². The number of methoxy groups -OCH3 is 1. The summed E-state index contributed by atoms with van der Waals surface area (Å²) in [6.07, 6.45) is 0. The zero-order valence-corrected chi connectivity index (χ0v) is 17.4. The van der Waals surface area contributed by atoms with Crippen molar-refractivity contribution >= 4 is 17.7 Å². The second kappa shape index (κ2) is 8.50. The number of carboxylic acid groups (broad SMARTS) is 1. The first-order valence-electron chi connectivity index (χ1n) is 9.30. The fourth-order valence-electron chi connectivity index (χ4n) is 3.39. The Hall–Kier alpha value is -3.60. The molecule has 0 spiro atoms. The van der Waals surface area contributed by atoms with Crippen molar-refractivity contribution in [1.82, 2.24) is 9.55 Å². The van der Waals surface area contributed by atoms with Crippen LogP contribution in [-0.4, -0.2) is 33.5 Å². The highest BCUT2D eigenvalue weighted by Gasteiger charge is 2.34. The van der Waals surface area contributed by atoms with E-state index >= 15 is 0 Å². The van der Waals surface area contributed by atoms with Gasteiger partial charge in [-0.1, -0.05) is 6.07 Å². The van der Waals surface area contributed by atoms with Crippen molar-refractivity contribution in [2.75, 3.05) is 12.9 Å². The van der Waals surface area contributed by atoms with Crippen molar-refractivity contribution in [3.63, 3.8) is 0 Å². The predicted octanol–water partition coefficient (Wildman–Crippen LogP) is 2.67. The molecule has 0 saturated carbocycles. The number of H-pyrrole nitrogens is 1. The van der Waals surface area contributed by atoms with Crippen molar-refractivity contribution in [1.29, 1.82) is 0 Å². The van der Waals surface area contributed by atoms with Gasteiger partial charge in [0, 0.05) is 11.8 Å². The molecule has 32 heavy (non-hydrogen) atoms. The number of ether oxygens (including phenoxy) is 2. The largest absolute Gasteiger partial charge is 0.496 e. The number of nitrogens with one attached hydrogen (secondary N) is 1. The Kier molecular flexibility index (Phi) is 5.74. The maximum Gasteiger partial charge on any atom is 0.333 e. The Labute approximate surface area is 183 Å². The molecule has 0 fully saturated rings. The number of carbonyl (C=O) groups is 1. The molecular formula is C21H16F2N2O6S. The number of aromatic nitrogens is 2. The zero-order valence-electron chi connectivity index (χ0n) is 16.6. The van der Waals surface area contributed by atoms with Crippen LogP contribution < -0.4 is 20.7 Å². The molecule has 0 aliphatic carbocycles. The van der Waals surface area contributed by atoms with Crippen LogP contribution in [-0.2, 0) is 11.4 Å². The molecular weight excluding hydrogens is 446 g/mol. The van der Waals surface area contributed by atoms with Crippen molar-refractivity contribution < 1.29 is 28.2 Å². The lowest BCUT2D eigenvalue weighted by molar-refractivity contribution is -0.138. The summed E-state index contributed by atoms with van der Waals surface area (Å²) < 4.78 is 39.9. The lowest BCUT2D eigenvalue weighted by Gasteiger charge is -2.13. The molecule has 2 heterocycles. The number of hydrogen-bond acceptors (Lipinski definition) is 6. The quantitative estimate of drug-likeness (QED) is 0.542. The highest BCUT2D eigenvalue weighted by Crippen LogP contribution is 2.35. The van der Waals surface area contributed by atoms with Crippen LogP contribution in [0.25, 0.3) is 5.69 Å². The topological polar surface area (TPSA) is 111 Å². The monoisotopic (exact) mass is 462 g/mol. The molecule has 2 aromatic carbocycles. The van der Waals surface area contributed by atoms with Gasteiger partial charge in [-0.2, -0.15) is 0 Å². The van der Waals surface area contributed by atoms with E-state index in [1.165, 1.54) is 25.3 Å². The molecule has 1 aliphatic rings. The molecule has 166 valence electrons. The van der Waals surface area contributed by atoms with Crippen LogP contribution in [0.4, 0.5) is 8.78 Å². The summed E-state index contributed by atoms with van der Waals surface area (Å²) in [5, 5.41) is 9.52. The molecule has 11 heteroatoms. The van der Waals surface area contributed by atoms with Crippen molar-refractivity contribution in [2.24, 2.45) is 0 Å². The molecule has 4 rings (SSSR count). The van der Waals surface area contributed by atoms with Crippen LogP contribution in [0.5, 0.6) is 11.5 Å². The molecule has 2 N–H and O–H groups in total. The van der Waals surface area contributed by atoms with Gasteiger partial charge >= 0.3 is 11.7 Å². The standard InChI is InChI=1S/C21H16F2N2O6S/c1-30-16-4-2-3-13(22)11(16)8-31-10-5-6-14(23)15(7-10)25-19(26)17-12(20(27)28)9-32-18(17)24-21(25)29/h2-7,12H,8-9H2,1H3,(H,24,29)(H,27,28). The van der Waals surface area contributed by atoms with Crippen LogP contribution in [0, 0.1) is 11.6 Å². The normalized spacial score (nSPS) is 14.8. The lowest BCUT2D eigenvalue weighted by Crippen LogP contribution is -2.37. The number of hydrogen-bond donors (Lipinski definition) is 2. The number of aromatic amines is 1. The van der Waals surface area contributed by atoms with E-state index in [1.807, 2.05) is 0 Å². The first-order chi connectivity index (χ1) is 15.3. The molecule has 1 unspecified atom stereocenters. The molecule has 0 bridgehead atoms. The van der Waals surface area contributed by atoms with Crippen LogP contribution >= 0.6 is 11.8 Å². The number of benzene rings is 2. The van der Waals surface area contributed by atoms with E-state index in [2.05, 4.69) is 4.98 Å². The van der Waals surface area contributed by atoms with Gasteiger partial charge in [-0.15, -0.1) is 11.8 Å². The van der Waals surface area contributed by atoms with E-state index in [0.29, 0.717) is 4.57 Å². The Bertz CT molecular complexity index is 1340. The lowest BCUT2D eigenvalue weighted by atomic mass is 10.1. The molecule has 3 aromatic rings. The number of fused-ring (bicyclic) bond motifs is 1. The highest BCUT2D eigenvalue weighted by molar-refractivity contribution is 7.99. The molecule has 0 radical (unpaired) electrons. The van der Waals surface area contributed by atoms with Gasteiger partial charge in [0.1, 0.15) is 29.7 Å². The third kappa shape index (κ3) is 3.75. The third-order valence-electron chi connectivity index (χ3n) is 4.98. The molecule has 0 amide bonds. The SMILES string of the molecule is COc1cccc(F)c1COc1ccc(F)c(-n2c(=O)[nH]c3c(c2=O)C(C(=O)O)CS3)c1. The fourth-order valence-corrected chi connectivity index (χ4v) is 4.58. The number of nitrogens with zero attached hydrogens (tertiary/aromatic N) is 1. The first kappa shape index (κ1) is 21.6. The van der Waals surface area contributed by atoms with Gasteiger partial charge in [0.25, 0.3) is 5.56 Å². The van der Waals surface area contributed by atoms with Gasteiger partial charge in [-0.25, -0.2) is 18.1 Å². The number of halogens is 2. The first-order valence-corrected chi connectivity index (χ1v) is 10.3. The maximum atomic E-state index is 14.6. The average molecular weight is 462 g/mol. The minimum atomic E-state index is -1.22. The number of carboxylic acids is 1. The van der Waals surface area contributed by atoms with Crippen LogP contribution in [0.15, 0.2) is 51.0 Å². The van der Waals surface area contributed by atoms with Gasteiger partial charge in [0.05, 0.1) is 34.9 Å². The van der Waals surface area contributed by atoms with Crippen LogP contribution in [0.3, 0.4) is 0 Å². The Balaban J connectivity index is 1.74. The summed E-state index contributed by atoms with van der Waals surface area (Å²) >= 11 is 1.04. The van der Waals surface area contributed by atoms with Gasteiger partial charge in [0.2, 0.25) is 0 Å². The second-order valence-corrected chi connectivity index (χ2v) is 7.87. The highest BCUT2D eigenvalue weighted by atomic mass is 32.2. The Morgan fingerprint density at radius 2 is 2.03 bits per heavy atom. The van der Waals surface area contributed by atoms with Crippen molar-refractivity contribution in [2.45, 2.75) is 17.6 Å². The second-order valence-electron chi connectivity index (χ2n) is 6.84. The van der Waals surface area contributed by atoms with Gasteiger partial charge in [-0.3, -0.25) is 9.59 Å². The maximum absolute atomic E-state index is 14.6. The smallest absolute Gasteiger partial charge is 0.333 e. The van der Waals surface area contributed by atoms with E-state index < -0.39 is 40.5 Å². The summed E-state index contributed by atoms with van der Waals surface area (Å²) in [5.41, 5.74) is -2.23. The molecule has 1 atom stereocenters. The van der Waals surface area contributed by atoms with E-state index in [0.717, 1.165) is 23.9 Å². The Morgan fingerprint density at radius 1 is 1.25 bits per heavy atom. The zero-order chi connectivity index (χ0) is 23.0.